The number of nitrogens with one attached hydrogen (secondary N) is 2. The highest BCUT2D eigenvalue weighted by atomic mass is 79.9. The molecule has 7 heteroatoms. The normalized spacial score (nSPS) is 19.0. The topological polar surface area (TPSA) is 61.4 Å². The molecule has 29 heavy (non-hydrogen) atoms. The Morgan fingerprint density at radius 3 is 2.72 bits per heavy atom. The summed E-state index contributed by atoms with van der Waals surface area (Å²) >= 11 is 4.97. The van der Waals surface area contributed by atoms with E-state index in [-0.39, 0.29) is 11.8 Å². The molecule has 5 nitrogen and oxygen atoms in total. The zero-order valence-electron chi connectivity index (χ0n) is 16.6. The Kier molecular flexibility index (Phi) is 6.37. The summed E-state index contributed by atoms with van der Waals surface area (Å²) in [7, 11) is 0. The van der Waals surface area contributed by atoms with Crippen LogP contribution >= 0.6 is 27.3 Å². The van der Waals surface area contributed by atoms with Gasteiger partial charge in [-0.25, -0.2) is 0 Å². The van der Waals surface area contributed by atoms with Gasteiger partial charge in [0.15, 0.2) is 0 Å². The lowest BCUT2D eigenvalue weighted by Crippen LogP contribution is -2.39. The summed E-state index contributed by atoms with van der Waals surface area (Å²) in [6, 6.07) is 7.53. The molecule has 2 aromatic rings. The third kappa shape index (κ3) is 4.90. The maximum absolute atomic E-state index is 13.1. The number of amides is 2. The molecule has 0 bridgehead atoms. The maximum atomic E-state index is 13.1. The zero-order valence-corrected chi connectivity index (χ0v) is 19.0. The second kappa shape index (κ2) is 8.98. The molecule has 0 saturated carbocycles. The van der Waals surface area contributed by atoms with Crippen molar-refractivity contribution in [3.63, 3.8) is 0 Å². The van der Waals surface area contributed by atoms with Crippen molar-refractivity contribution >= 4 is 49.8 Å². The van der Waals surface area contributed by atoms with E-state index in [1.807, 2.05) is 24.3 Å². The number of piperidine rings is 1. The quantitative estimate of drug-likeness (QED) is 0.644. The van der Waals surface area contributed by atoms with Gasteiger partial charge in [0.1, 0.15) is 5.00 Å². The van der Waals surface area contributed by atoms with E-state index in [9.17, 15) is 9.59 Å². The van der Waals surface area contributed by atoms with Crippen LogP contribution in [0.1, 0.15) is 47.0 Å². The van der Waals surface area contributed by atoms with Crippen molar-refractivity contribution in [2.75, 3.05) is 30.3 Å². The fourth-order valence-corrected chi connectivity index (χ4v) is 5.83. The third-order valence-corrected chi connectivity index (χ3v) is 7.35. The third-order valence-electron chi connectivity index (χ3n) is 5.61. The molecule has 1 saturated heterocycles. The summed E-state index contributed by atoms with van der Waals surface area (Å²) in [6.07, 6.45) is 5.32. The molecular formula is C22H26BrN3O2S. The second-order valence-electron chi connectivity index (χ2n) is 8.05. The van der Waals surface area contributed by atoms with Crippen LogP contribution in [-0.4, -0.2) is 36.3 Å². The van der Waals surface area contributed by atoms with Crippen LogP contribution in [-0.2, 0) is 17.6 Å². The number of benzene rings is 1. The van der Waals surface area contributed by atoms with Crippen LogP contribution < -0.4 is 10.6 Å². The van der Waals surface area contributed by atoms with Gasteiger partial charge in [-0.2, -0.15) is 0 Å². The molecule has 2 aliphatic rings. The number of aryl methyl sites for hydroxylation is 1. The number of carbonyl (C=O) groups is 2. The van der Waals surface area contributed by atoms with Gasteiger partial charge in [-0.05, 0) is 74.4 Å². The predicted octanol–water partition coefficient (Wildman–Crippen LogP) is 4.92. The van der Waals surface area contributed by atoms with E-state index in [1.165, 1.54) is 11.3 Å². The fraction of sp³-hybridized carbons (Fsp3) is 0.455. The largest absolute Gasteiger partial charge is 0.322 e. The summed E-state index contributed by atoms with van der Waals surface area (Å²) < 4.78 is 0.965. The summed E-state index contributed by atoms with van der Waals surface area (Å²) in [6.45, 7) is 4.56. The van der Waals surface area contributed by atoms with Gasteiger partial charge in [0.25, 0.3) is 5.91 Å². The van der Waals surface area contributed by atoms with E-state index in [4.69, 9.17) is 0 Å². The number of hydrogen-bond donors (Lipinski definition) is 2. The first-order valence-corrected chi connectivity index (χ1v) is 11.8. The van der Waals surface area contributed by atoms with Gasteiger partial charge >= 0.3 is 0 Å². The summed E-state index contributed by atoms with van der Waals surface area (Å²) in [5, 5.41) is 6.73. The number of hydrogen-bond acceptors (Lipinski definition) is 4. The van der Waals surface area contributed by atoms with Gasteiger partial charge in [0, 0.05) is 21.6 Å². The van der Waals surface area contributed by atoms with Crippen LogP contribution in [0.25, 0.3) is 0 Å². The summed E-state index contributed by atoms with van der Waals surface area (Å²) in [5.41, 5.74) is 2.49. The molecule has 1 unspecified atom stereocenters. The van der Waals surface area contributed by atoms with E-state index in [0.29, 0.717) is 23.0 Å². The smallest absolute Gasteiger partial charge is 0.258 e. The lowest BCUT2D eigenvalue weighted by molar-refractivity contribution is -0.117. The number of carbonyl (C=O) groups excluding carboxylic acids is 2. The minimum absolute atomic E-state index is 0.0308. The Morgan fingerprint density at radius 2 is 1.97 bits per heavy atom. The van der Waals surface area contributed by atoms with Crippen LogP contribution in [0.3, 0.4) is 0 Å². The van der Waals surface area contributed by atoms with Crippen molar-refractivity contribution in [2.45, 2.75) is 39.0 Å². The molecule has 0 radical (unpaired) electrons. The SMILES string of the molecule is CC1CCCN(CC(=O)Nc2sc3c(c2C(=O)Nc2ccc(Br)cc2)CCC3)C1. The summed E-state index contributed by atoms with van der Waals surface area (Å²) in [4.78, 5) is 29.2. The minimum Gasteiger partial charge on any atom is -0.322 e. The first-order valence-electron chi connectivity index (χ1n) is 10.2. The number of likely N-dealkylation sites (tertiary alicyclic amines) is 1. The number of fused-ring (bicyclic) bond motifs is 1. The average Bonchev–Trinajstić information content (AvgIpc) is 3.24. The first-order chi connectivity index (χ1) is 14.0. The molecule has 4 rings (SSSR count). The van der Waals surface area contributed by atoms with Crippen molar-refractivity contribution < 1.29 is 9.59 Å². The molecule has 2 N–H and O–H groups in total. The van der Waals surface area contributed by atoms with Gasteiger partial charge in [-0.15, -0.1) is 11.3 Å². The standard InChI is InChI=1S/C22H26BrN3O2S/c1-14-4-3-11-26(12-14)13-19(27)25-22-20(17-5-2-6-18(17)29-22)21(28)24-16-9-7-15(23)8-10-16/h7-10,14H,2-6,11-13H2,1H3,(H,24,28)(H,25,27). The Balaban J connectivity index is 1.49. The molecule has 1 aliphatic carbocycles. The molecule has 1 aromatic carbocycles. The fourth-order valence-electron chi connectivity index (χ4n) is 4.26. The molecule has 1 fully saturated rings. The van der Waals surface area contributed by atoms with Crippen LogP contribution in [0.5, 0.6) is 0 Å². The Morgan fingerprint density at radius 1 is 1.17 bits per heavy atom. The van der Waals surface area contributed by atoms with Gasteiger partial charge in [0.2, 0.25) is 5.91 Å². The lowest BCUT2D eigenvalue weighted by Gasteiger charge is -2.30. The number of nitrogens with zero attached hydrogens (tertiary/aromatic N) is 1. The van der Waals surface area contributed by atoms with Crippen LogP contribution in [0.2, 0.25) is 0 Å². The van der Waals surface area contributed by atoms with E-state index < -0.39 is 0 Å². The van der Waals surface area contributed by atoms with Crippen molar-refractivity contribution in [2.24, 2.45) is 5.92 Å². The van der Waals surface area contributed by atoms with E-state index >= 15 is 0 Å². The van der Waals surface area contributed by atoms with Crippen molar-refractivity contribution in [1.82, 2.24) is 4.90 Å². The molecule has 2 amide bonds. The number of thiophene rings is 1. The molecule has 0 spiro atoms. The number of halogens is 1. The number of rotatable bonds is 5. The van der Waals surface area contributed by atoms with E-state index in [0.717, 1.165) is 54.5 Å². The van der Waals surface area contributed by atoms with Gasteiger partial charge in [-0.1, -0.05) is 22.9 Å². The monoisotopic (exact) mass is 475 g/mol. The highest BCUT2D eigenvalue weighted by molar-refractivity contribution is 9.10. The molecule has 154 valence electrons. The summed E-state index contributed by atoms with van der Waals surface area (Å²) in [5.74, 6) is 0.458. The zero-order chi connectivity index (χ0) is 20.4. The highest BCUT2D eigenvalue weighted by Crippen LogP contribution is 2.39. The minimum atomic E-state index is -0.145. The Hall–Kier alpha value is -1.70. The molecule has 2 heterocycles. The average molecular weight is 476 g/mol. The second-order valence-corrected chi connectivity index (χ2v) is 10.1. The van der Waals surface area contributed by atoms with Crippen molar-refractivity contribution in [1.29, 1.82) is 0 Å². The van der Waals surface area contributed by atoms with E-state index in [1.54, 1.807) is 11.3 Å². The Labute approximate surface area is 184 Å². The van der Waals surface area contributed by atoms with Crippen LogP contribution in [0, 0.1) is 5.92 Å². The highest BCUT2D eigenvalue weighted by Gasteiger charge is 2.28. The van der Waals surface area contributed by atoms with Crippen molar-refractivity contribution in [3.8, 4) is 0 Å². The van der Waals surface area contributed by atoms with Crippen LogP contribution in [0.15, 0.2) is 28.7 Å². The molecule has 1 aliphatic heterocycles. The first kappa shape index (κ1) is 20.6. The predicted molar refractivity (Wildman–Crippen MR) is 122 cm³/mol. The van der Waals surface area contributed by atoms with Crippen molar-refractivity contribution in [3.05, 3.63) is 44.7 Å². The van der Waals surface area contributed by atoms with Gasteiger partial charge in [-0.3, -0.25) is 14.5 Å². The molecular weight excluding hydrogens is 450 g/mol. The van der Waals surface area contributed by atoms with Crippen LogP contribution in [0.4, 0.5) is 10.7 Å². The lowest BCUT2D eigenvalue weighted by atomic mass is 10.0. The Bertz CT molecular complexity index is 910. The van der Waals surface area contributed by atoms with Gasteiger partial charge in [0.05, 0.1) is 12.1 Å². The molecule has 1 atom stereocenters. The molecule has 1 aromatic heterocycles. The maximum Gasteiger partial charge on any atom is 0.258 e. The van der Waals surface area contributed by atoms with Gasteiger partial charge < -0.3 is 10.6 Å². The van der Waals surface area contributed by atoms with E-state index in [2.05, 4.69) is 38.4 Å². The number of anilines is 2.